The van der Waals surface area contributed by atoms with Crippen molar-refractivity contribution in [3.8, 4) is 10.4 Å². The molecular weight excluding hydrogens is 435 g/mol. The van der Waals surface area contributed by atoms with Gasteiger partial charge in [-0.2, -0.15) is 0 Å². The van der Waals surface area contributed by atoms with Crippen LogP contribution in [0.25, 0.3) is 10.4 Å². The summed E-state index contributed by atoms with van der Waals surface area (Å²) in [6, 6.07) is 8.51. The van der Waals surface area contributed by atoms with Gasteiger partial charge in [-0.3, -0.25) is 9.69 Å². The van der Waals surface area contributed by atoms with Crippen LogP contribution >= 0.6 is 11.3 Å². The summed E-state index contributed by atoms with van der Waals surface area (Å²) >= 11 is 1.13. The number of carbonyl (C=O) groups is 1. The Bertz CT molecular complexity index is 1070. The van der Waals surface area contributed by atoms with Crippen LogP contribution in [-0.4, -0.2) is 61.6 Å². The standard InChI is InChI=1S/C23H29FN2O3S2/c1-3-31(28,29)22-11-10-21(30-22)17-8-9-19(20(24)14-17)23(27)26-13-5-7-18(26)15-25-12-4-6-16(25)2/h8-11,14,16,18H,3-7,12-13,15H2,1-2H3. The van der Waals surface area contributed by atoms with Gasteiger partial charge in [0.25, 0.3) is 5.91 Å². The summed E-state index contributed by atoms with van der Waals surface area (Å²) in [7, 11) is -3.29. The molecule has 5 nitrogen and oxygen atoms in total. The molecule has 0 saturated carbocycles. The predicted molar refractivity (Wildman–Crippen MR) is 122 cm³/mol. The molecule has 2 aromatic rings. The van der Waals surface area contributed by atoms with Crippen LogP contribution in [0.15, 0.2) is 34.5 Å². The lowest BCUT2D eigenvalue weighted by Crippen LogP contribution is -2.44. The van der Waals surface area contributed by atoms with Crippen molar-refractivity contribution in [3.05, 3.63) is 41.7 Å². The van der Waals surface area contributed by atoms with Gasteiger partial charge >= 0.3 is 0 Å². The molecule has 0 N–H and O–H groups in total. The summed E-state index contributed by atoms with van der Waals surface area (Å²) in [4.78, 5) is 18.1. The van der Waals surface area contributed by atoms with Gasteiger partial charge in [0.1, 0.15) is 10.0 Å². The zero-order valence-corrected chi connectivity index (χ0v) is 19.6. The van der Waals surface area contributed by atoms with Crippen LogP contribution < -0.4 is 0 Å². The molecule has 2 fully saturated rings. The SMILES string of the molecule is CCS(=O)(=O)c1ccc(-c2ccc(C(=O)N3CCCC3CN3CCCC3C)c(F)c2)s1. The summed E-state index contributed by atoms with van der Waals surface area (Å²) in [5.41, 5.74) is 0.670. The molecular formula is C23H29FN2O3S2. The van der Waals surface area contributed by atoms with Gasteiger partial charge in [-0.1, -0.05) is 13.0 Å². The number of nitrogens with zero attached hydrogens (tertiary/aromatic N) is 2. The zero-order chi connectivity index (χ0) is 22.2. The molecule has 2 aliphatic rings. The Morgan fingerprint density at radius 3 is 2.61 bits per heavy atom. The van der Waals surface area contributed by atoms with Gasteiger partial charge in [0, 0.05) is 30.1 Å². The van der Waals surface area contributed by atoms with E-state index in [2.05, 4.69) is 11.8 Å². The molecule has 2 unspecified atom stereocenters. The minimum atomic E-state index is -3.29. The highest BCUT2D eigenvalue weighted by Gasteiger charge is 2.34. The van der Waals surface area contributed by atoms with Crippen molar-refractivity contribution < 1.29 is 17.6 Å². The molecule has 0 bridgehead atoms. The molecule has 31 heavy (non-hydrogen) atoms. The molecule has 0 radical (unpaired) electrons. The van der Waals surface area contributed by atoms with Crippen molar-refractivity contribution >= 4 is 27.1 Å². The fourth-order valence-electron chi connectivity index (χ4n) is 4.61. The number of thiophene rings is 1. The summed E-state index contributed by atoms with van der Waals surface area (Å²) in [5.74, 6) is -0.781. The molecule has 0 aliphatic carbocycles. The van der Waals surface area contributed by atoms with Crippen LogP contribution in [0.3, 0.4) is 0 Å². The van der Waals surface area contributed by atoms with Crippen molar-refractivity contribution in [2.75, 3.05) is 25.4 Å². The predicted octanol–water partition coefficient (Wildman–Crippen LogP) is 4.44. The van der Waals surface area contributed by atoms with Crippen molar-refractivity contribution in [1.29, 1.82) is 0 Å². The van der Waals surface area contributed by atoms with Gasteiger partial charge in [0.2, 0.25) is 0 Å². The summed E-state index contributed by atoms with van der Waals surface area (Å²) in [6.07, 6.45) is 4.30. The second-order valence-corrected chi connectivity index (χ2v) is 12.1. The third-order valence-corrected chi connectivity index (χ3v) is 9.98. The largest absolute Gasteiger partial charge is 0.334 e. The van der Waals surface area contributed by atoms with Crippen LogP contribution in [0.4, 0.5) is 4.39 Å². The number of carbonyl (C=O) groups excluding carboxylic acids is 1. The Morgan fingerprint density at radius 1 is 1.16 bits per heavy atom. The van der Waals surface area contributed by atoms with Crippen molar-refractivity contribution in [2.24, 2.45) is 0 Å². The fourth-order valence-corrected chi connectivity index (χ4v) is 7.03. The maximum atomic E-state index is 15.0. The lowest BCUT2D eigenvalue weighted by atomic mass is 10.1. The Kier molecular flexibility index (Phi) is 6.51. The van der Waals surface area contributed by atoms with Gasteiger partial charge in [0.15, 0.2) is 9.84 Å². The van der Waals surface area contributed by atoms with E-state index in [9.17, 15) is 17.6 Å². The van der Waals surface area contributed by atoms with Crippen molar-refractivity contribution in [1.82, 2.24) is 9.80 Å². The van der Waals surface area contributed by atoms with E-state index >= 15 is 0 Å². The second kappa shape index (κ2) is 9.00. The second-order valence-electron chi connectivity index (χ2n) is 8.50. The van der Waals surface area contributed by atoms with E-state index in [1.165, 1.54) is 25.0 Å². The molecule has 8 heteroatoms. The van der Waals surface area contributed by atoms with E-state index in [1.807, 2.05) is 4.90 Å². The van der Waals surface area contributed by atoms with Crippen LogP contribution in [0, 0.1) is 5.82 Å². The Labute approximate surface area is 187 Å². The van der Waals surface area contributed by atoms with Crippen molar-refractivity contribution in [2.45, 2.75) is 55.8 Å². The normalized spacial score (nSPS) is 22.4. The van der Waals surface area contributed by atoms with Gasteiger partial charge in [-0.25, -0.2) is 12.8 Å². The molecule has 2 atom stereocenters. The lowest BCUT2D eigenvalue weighted by molar-refractivity contribution is 0.0692. The number of rotatable bonds is 6. The number of halogens is 1. The average Bonchev–Trinajstić information content (AvgIpc) is 3.50. The summed E-state index contributed by atoms with van der Waals surface area (Å²) in [6.45, 7) is 6.42. The first-order valence-electron chi connectivity index (χ1n) is 11.0. The topological polar surface area (TPSA) is 57.7 Å². The number of benzene rings is 1. The third-order valence-electron chi connectivity index (χ3n) is 6.53. The first kappa shape index (κ1) is 22.4. The van der Waals surface area contributed by atoms with E-state index < -0.39 is 15.7 Å². The minimum Gasteiger partial charge on any atom is -0.334 e. The summed E-state index contributed by atoms with van der Waals surface area (Å²) < 4.78 is 39.4. The van der Waals surface area contributed by atoms with Crippen molar-refractivity contribution in [3.63, 3.8) is 0 Å². The Hall–Kier alpha value is -1.77. The molecule has 0 spiro atoms. The molecule has 3 heterocycles. The van der Waals surface area contributed by atoms with E-state index in [0.717, 1.165) is 37.3 Å². The number of likely N-dealkylation sites (tertiary alicyclic amines) is 2. The molecule has 2 aliphatic heterocycles. The smallest absolute Gasteiger partial charge is 0.257 e. The maximum Gasteiger partial charge on any atom is 0.257 e. The summed E-state index contributed by atoms with van der Waals surface area (Å²) in [5, 5.41) is 0. The lowest BCUT2D eigenvalue weighted by Gasteiger charge is -2.31. The zero-order valence-electron chi connectivity index (χ0n) is 18.0. The van der Waals surface area contributed by atoms with Gasteiger partial charge in [-0.15, -0.1) is 11.3 Å². The van der Waals surface area contributed by atoms with E-state index in [1.54, 1.807) is 25.1 Å². The third kappa shape index (κ3) is 4.56. The highest BCUT2D eigenvalue weighted by Crippen LogP contribution is 2.33. The van der Waals surface area contributed by atoms with Gasteiger partial charge in [-0.05, 0) is 69.0 Å². The molecule has 1 aromatic heterocycles. The quantitative estimate of drug-likeness (QED) is 0.634. The van der Waals surface area contributed by atoms with Crippen LogP contribution in [-0.2, 0) is 9.84 Å². The van der Waals surface area contributed by atoms with Crippen LogP contribution in [0.5, 0.6) is 0 Å². The van der Waals surface area contributed by atoms with E-state index in [4.69, 9.17) is 0 Å². The minimum absolute atomic E-state index is 0.0297. The number of hydrogen-bond acceptors (Lipinski definition) is 5. The number of sulfone groups is 1. The number of amides is 1. The highest BCUT2D eigenvalue weighted by atomic mass is 32.2. The van der Waals surface area contributed by atoms with Gasteiger partial charge < -0.3 is 4.90 Å². The molecule has 4 rings (SSSR count). The molecule has 168 valence electrons. The van der Waals surface area contributed by atoms with E-state index in [0.29, 0.717) is 23.0 Å². The molecule has 1 amide bonds. The highest BCUT2D eigenvalue weighted by molar-refractivity contribution is 7.93. The maximum absolute atomic E-state index is 15.0. The molecule has 1 aromatic carbocycles. The Morgan fingerprint density at radius 2 is 1.94 bits per heavy atom. The van der Waals surface area contributed by atoms with Gasteiger partial charge in [0.05, 0.1) is 11.3 Å². The van der Waals surface area contributed by atoms with Crippen LogP contribution in [0.1, 0.15) is 49.9 Å². The Balaban J connectivity index is 1.52. The molecule has 2 saturated heterocycles. The average molecular weight is 465 g/mol. The number of hydrogen-bond donors (Lipinski definition) is 0. The fraction of sp³-hybridized carbons (Fsp3) is 0.522. The van der Waals surface area contributed by atoms with Crippen LogP contribution in [0.2, 0.25) is 0 Å². The first-order chi connectivity index (χ1) is 14.8. The first-order valence-corrected chi connectivity index (χ1v) is 13.4. The monoisotopic (exact) mass is 464 g/mol. The van der Waals surface area contributed by atoms with E-state index in [-0.39, 0.29) is 27.5 Å².